The number of hydrogen-bond acceptors (Lipinski definition) is 7. The lowest BCUT2D eigenvalue weighted by Crippen LogP contribution is -2.47. The van der Waals surface area contributed by atoms with Crippen molar-refractivity contribution in [3.63, 3.8) is 0 Å². The van der Waals surface area contributed by atoms with Crippen molar-refractivity contribution in [3.8, 4) is 28.6 Å². The molecule has 0 bridgehead atoms. The third-order valence-corrected chi connectivity index (χ3v) is 6.15. The molecule has 2 aliphatic rings. The number of carboxylic acid groups (broad SMARTS) is 1. The smallest absolute Gasteiger partial charge is 0.407 e. The van der Waals surface area contributed by atoms with Crippen LogP contribution in [0.15, 0.2) is 54.6 Å². The summed E-state index contributed by atoms with van der Waals surface area (Å²) in [5.41, 5.74) is 4.43. The van der Waals surface area contributed by atoms with E-state index in [1.54, 1.807) is 7.11 Å². The van der Waals surface area contributed by atoms with Gasteiger partial charge in [-0.1, -0.05) is 18.2 Å². The van der Waals surface area contributed by atoms with E-state index in [1.165, 1.54) is 4.90 Å². The first kappa shape index (κ1) is 22.8. The van der Waals surface area contributed by atoms with Crippen molar-refractivity contribution in [3.05, 3.63) is 60.2 Å². The molecule has 35 heavy (non-hydrogen) atoms. The molecular formula is C26H28N4O5. The van der Waals surface area contributed by atoms with Crippen LogP contribution in [0.3, 0.4) is 0 Å². The molecule has 9 heteroatoms. The van der Waals surface area contributed by atoms with E-state index < -0.39 is 6.09 Å². The van der Waals surface area contributed by atoms with Crippen molar-refractivity contribution in [1.29, 1.82) is 0 Å². The fourth-order valence-corrected chi connectivity index (χ4v) is 4.38. The second kappa shape index (κ2) is 10.1. The molecule has 2 N–H and O–H groups in total. The Morgan fingerprint density at radius 3 is 2.66 bits per heavy atom. The molecule has 0 radical (unpaired) electrons. The van der Waals surface area contributed by atoms with Crippen LogP contribution in [0.5, 0.6) is 17.4 Å². The van der Waals surface area contributed by atoms with Gasteiger partial charge in [-0.25, -0.2) is 9.78 Å². The van der Waals surface area contributed by atoms with Gasteiger partial charge in [-0.05, 0) is 42.0 Å². The molecule has 1 saturated heterocycles. The minimum Gasteiger partial charge on any atom is -0.486 e. The summed E-state index contributed by atoms with van der Waals surface area (Å²) in [5.74, 6) is 1.90. The van der Waals surface area contributed by atoms with E-state index in [0.29, 0.717) is 37.9 Å². The highest BCUT2D eigenvalue weighted by Crippen LogP contribution is 2.40. The summed E-state index contributed by atoms with van der Waals surface area (Å²) in [4.78, 5) is 19.6. The molecule has 0 atom stereocenters. The number of rotatable bonds is 6. The van der Waals surface area contributed by atoms with Gasteiger partial charge in [-0.2, -0.15) is 0 Å². The molecule has 5 rings (SSSR count). The summed E-state index contributed by atoms with van der Waals surface area (Å²) in [5, 5.41) is 12.6. The Labute approximate surface area is 203 Å². The lowest BCUT2D eigenvalue weighted by Gasteiger charge is -2.33. The van der Waals surface area contributed by atoms with Gasteiger partial charge in [0.1, 0.15) is 18.9 Å². The standard InChI is InChI=1S/C26H28N4O5/c1-33-25-22(9-8-21(28-25)20-6-3-7-23-24(20)35-15-14-34-23)27-19-5-2-4-18(16-19)17-29-10-12-30(13-11-29)26(31)32/h2-9,16,27H,10-15,17H2,1H3,(H,31,32). The monoisotopic (exact) mass is 476 g/mol. The van der Waals surface area contributed by atoms with Gasteiger partial charge < -0.3 is 29.5 Å². The zero-order chi connectivity index (χ0) is 24.2. The van der Waals surface area contributed by atoms with Crippen LogP contribution in [0.4, 0.5) is 16.2 Å². The van der Waals surface area contributed by atoms with Gasteiger partial charge >= 0.3 is 6.09 Å². The molecule has 1 amide bonds. The molecule has 3 aromatic rings. The first-order chi connectivity index (χ1) is 17.1. The van der Waals surface area contributed by atoms with Gasteiger partial charge in [0.2, 0.25) is 5.88 Å². The number of nitrogens with zero attached hydrogens (tertiary/aromatic N) is 3. The maximum Gasteiger partial charge on any atom is 0.407 e. The van der Waals surface area contributed by atoms with Gasteiger partial charge in [0.15, 0.2) is 11.5 Å². The summed E-state index contributed by atoms with van der Waals surface area (Å²) >= 11 is 0. The van der Waals surface area contributed by atoms with Crippen LogP contribution in [0.25, 0.3) is 11.3 Å². The molecule has 182 valence electrons. The van der Waals surface area contributed by atoms with Crippen molar-refractivity contribution in [1.82, 2.24) is 14.8 Å². The average molecular weight is 477 g/mol. The lowest BCUT2D eigenvalue weighted by atomic mass is 10.1. The number of benzene rings is 2. The van der Waals surface area contributed by atoms with Crippen LogP contribution >= 0.6 is 0 Å². The number of aromatic nitrogens is 1. The number of carbonyl (C=O) groups is 1. The Morgan fingerprint density at radius 1 is 1.06 bits per heavy atom. The fourth-order valence-electron chi connectivity index (χ4n) is 4.38. The quantitative estimate of drug-likeness (QED) is 0.550. The zero-order valence-corrected chi connectivity index (χ0v) is 19.6. The molecule has 2 aliphatic heterocycles. The molecule has 0 aliphatic carbocycles. The number of hydrogen-bond donors (Lipinski definition) is 2. The van der Waals surface area contributed by atoms with E-state index in [4.69, 9.17) is 24.3 Å². The molecule has 3 heterocycles. The normalized spacial score (nSPS) is 15.5. The van der Waals surface area contributed by atoms with Crippen LogP contribution < -0.4 is 19.5 Å². The minimum absolute atomic E-state index is 0.479. The van der Waals surface area contributed by atoms with Gasteiger partial charge in [0.05, 0.1) is 12.8 Å². The number of anilines is 2. The molecule has 2 aromatic carbocycles. The van der Waals surface area contributed by atoms with E-state index in [9.17, 15) is 4.79 Å². The number of nitrogens with one attached hydrogen (secondary N) is 1. The fraction of sp³-hybridized carbons (Fsp3) is 0.308. The molecule has 0 unspecified atom stereocenters. The number of piperazine rings is 1. The lowest BCUT2D eigenvalue weighted by molar-refractivity contribution is 0.103. The topological polar surface area (TPSA) is 96.4 Å². The predicted octanol–water partition coefficient (Wildman–Crippen LogP) is 4.07. The number of methoxy groups -OCH3 is 1. The molecule has 0 spiro atoms. The second-order valence-corrected chi connectivity index (χ2v) is 8.45. The minimum atomic E-state index is -0.850. The SMILES string of the molecule is COc1nc(-c2cccc3c2OCCO3)ccc1Nc1cccc(CN2CCN(C(=O)O)CC2)c1. The highest BCUT2D eigenvalue weighted by atomic mass is 16.6. The molecule has 0 saturated carbocycles. The Hall–Kier alpha value is -3.98. The number of para-hydroxylation sites is 1. The van der Waals surface area contributed by atoms with Crippen molar-refractivity contribution < 1.29 is 24.1 Å². The number of pyridine rings is 1. The highest BCUT2D eigenvalue weighted by molar-refractivity contribution is 5.75. The van der Waals surface area contributed by atoms with Crippen molar-refractivity contribution in [2.75, 3.05) is 51.8 Å². The Kier molecular flexibility index (Phi) is 6.58. The Morgan fingerprint density at radius 2 is 1.86 bits per heavy atom. The zero-order valence-electron chi connectivity index (χ0n) is 19.6. The summed E-state index contributed by atoms with van der Waals surface area (Å²) < 4.78 is 17.1. The molecule has 1 aromatic heterocycles. The van der Waals surface area contributed by atoms with Gasteiger partial charge in [-0.15, -0.1) is 0 Å². The van der Waals surface area contributed by atoms with Crippen LogP contribution in [-0.4, -0.2) is 72.5 Å². The van der Waals surface area contributed by atoms with E-state index in [0.717, 1.165) is 53.6 Å². The third-order valence-electron chi connectivity index (χ3n) is 6.15. The molecule has 9 nitrogen and oxygen atoms in total. The van der Waals surface area contributed by atoms with Crippen LogP contribution in [0, 0.1) is 0 Å². The van der Waals surface area contributed by atoms with Crippen molar-refractivity contribution >= 4 is 17.5 Å². The first-order valence-corrected chi connectivity index (χ1v) is 11.6. The second-order valence-electron chi connectivity index (χ2n) is 8.45. The molecular weight excluding hydrogens is 448 g/mol. The van der Waals surface area contributed by atoms with Crippen molar-refractivity contribution in [2.45, 2.75) is 6.54 Å². The predicted molar refractivity (Wildman–Crippen MR) is 132 cm³/mol. The summed E-state index contributed by atoms with van der Waals surface area (Å²) in [7, 11) is 1.60. The number of ether oxygens (including phenoxy) is 3. The average Bonchev–Trinajstić information content (AvgIpc) is 2.89. The first-order valence-electron chi connectivity index (χ1n) is 11.6. The van der Waals surface area contributed by atoms with Crippen LogP contribution in [0.1, 0.15) is 5.56 Å². The summed E-state index contributed by atoms with van der Waals surface area (Å²) in [6, 6.07) is 17.8. The summed E-state index contributed by atoms with van der Waals surface area (Å²) in [6.07, 6.45) is -0.850. The maximum absolute atomic E-state index is 11.1. The Bertz CT molecular complexity index is 1210. The third kappa shape index (κ3) is 5.09. The van der Waals surface area contributed by atoms with Gasteiger partial charge in [-0.3, -0.25) is 4.90 Å². The van der Waals surface area contributed by atoms with Crippen molar-refractivity contribution in [2.24, 2.45) is 0 Å². The maximum atomic E-state index is 11.1. The number of amides is 1. The summed E-state index contributed by atoms with van der Waals surface area (Å²) in [6.45, 7) is 4.31. The molecule has 1 fully saturated rings. The van der Waals surface area contributed by atoms with Gasteiger partial charge in [0, 0.05) is 44.0 Å². The van der Waals surface area contributed by atoms with E-state index in [1.807, 2.05) is 42.5 Å². The Balaban J connectivity index is 1.31. The van der Waals surface area contributed by atoms with E-state index in [2.05, 4.69) is 22.3 Å². The highest BCUT2D eigenvalue weighted by Gasteiger charge is 2.21. The van der Waals surface area contributed by atoms with E-state index in [-0.39, 0.29) is 0 Å². The van der Waals surface area contributed by atoms with Gasteiger partial charge in [0.25, 0.3) is 0 Å². The van der Waals surface area contributed by atoms with Crippen LogP contribution in [-0.2, 0) is 6.54 Å². The van der Waals surface area contributed by atoms with E-state index >= 15 is 0 Å². The number of fused-ring (bicyclic) bond motifs is 1. The van der Waals surface area contributed by atoms with Crippen LogP contribution in [0.2, 0.25) is 0 Å². The largest absolute Gasteiger partial charge is 0.486 e.